The zero-order valence-electron chi connectivity index (χ0n) is 14.2. The molecule has 1 N–H and O–H groups in total. The van der Waals surface area contributed by atoms with Crippen LogP contribution in [0, 0.1) is 10.1 Å². The Bertz CT molecular complexity index is 883. The van der Waals surface area contributed by atoms with Gasteiger partial charge in [-0.05, 0) is 31.2 Å². The van der Waals surface area contributed by atoms with Gasteiger partial charge in [0.2, 0.25) is 0 Å². The maximum Gasteiger partial charge on any atom is 0.339 e. The molecule has 2 rings (SSSR count). The molecule has 1 atom stereocenters. The number of benzene rings is 2. The third-order valence-electron chi connectivity index (χ3n) is 3.40. The van der Waals surface area contributed by atoms with E-state index < -0.39 is 22.9 Å². The number of hydrogen-bond acceptors (Lipinski definition) is 6. The number of methoxy groups -OCH3 is 1. The number of ether oxygens (including phenoxy) is 2. The van der Waals surface area contributed by atoms with Crippen LogP contribution in [0.1, 0.15) is 17.3 Å². The fraction of sp³-hybridized carbons (Fsp3) is 0.176. The first-order valence-electron chi connectivity index (χ1n) is 7.51. The molecule has 0 aliphatic heterocycles. The van der Waals surface area contributed by atoms with Crippen LogP contribution in [-0.4, -0.2) is 30.0 Å². The molecule has 2 aromatic carbocycles. The number of non-ortho nitro benzene ring substituents is 1. The molecule has 0 heterocycles. The Kier molecular flexibility index (Phi) is 6.59. The monoisotopic (exact) mass is 412 g/mol. The Labute approximate surface area is 164 Å². The van der Waals surface area contributed by atoms with Gasteiger partial charge in [-0.2, -0.15) is 0 Å². The first-order chi connectivity index (χ1) is 12.7. The summed E-state index contributed by atoms with van der Waals surface area (Å²) in [6.45, 7) is 1.35. The topological polar surface area (TPSA) is 108 Å². The number of anilines is 1. The predicted octanol–water partition coefficient (Wildman–Crippen LogP) is 4.09. The van der Waals surface area contributed by atoms with Crippen LogP contribution in [-0.2, 0) is 9.53 Å². The van der Waals surface area contributed by atoms with E-state index in [0.717, 1.165) is 6.07 Å². The number of nitro groups is 1. The van der Waals surface area contributed by atoms with E-state index in [-0.39, 0.29) is 32.7 Å². The van der Waals surface area contributed by atoms with Crippen molar-refractivity contribution in [1.82, 2.24) is 0 Å². The normalized spacial score (nSPS) is 11.4. The number of nitrogens with zero attached hydrogens (tertiary/aromatic N) is 1. The SMILES string of the molecule is COc1ccc([N+](=O)[O-])cc1NC(=O)[C@@H](C)OC(=O)c1cc(Cl)cc(Cl)c1. The summed E-state index contributed by atoms with van der Waals surface area (Å²) in [5, 5.41) is 13.8. The second kappa shape index (κ2) is 8.70. The van der Waals surface area contributed by atoms with Crippen LogP contribution in [0.15, 0.2) is 36.4 Å². The molecule has 0 aromatic heterocycles. The highest BCUT2D eigenvalue weighted by Gasteiger charge is 2.22. The van der Waals surface area contributed by atoms with E-state index in [0.29, 0.717) is 0 Å². The van der Waals surface area contributed by atoms with E-state index in [4.69, 9.17) is 32.7 Å². The van der Waals surface area contributed by atoms with E-state index in [1.807, 2.05) is 0 Å². The molecule has 2 aromatic rings. The Morgan fingerprint density at radius 1 is 1.15 bits per heavy atom. The number of nitro benzene ring substituents is 1. The Morgan fingerprint density at radius 2 is 1.78 bits per heavy atom. The average molecular weight is 413 g/mol. The van der Waals surface area contributed by atoms with Gasteiger partial charge in [0.25, 0.3) is 11.6 Å². The summed E-state index contributed by atoms with van der Waals surface area (Å²) in [5.74, 6) is -1.28. The molecule has 0 bridgehead atoms. The Hall–Kier alpha value is -2.84. The van der Waals surface area contributed by atoms with E-state index in [1.54, 1.807) is 0 Å². The third kappa shape index (κ3) is 5.32. The highest BCUT2D eigenvalue weighted by Crippen LogP contribution is 2.29. The summed E-state index contributed by atoms with van der Waals surface area (Å²) in [4.78, 5) is 34.7. The van der Waals surface area contributed by atoms with Crippen molar-refractivity contribution in [1.29, 1.82) is 0 Å². The number of halogens is 2. The molecular weight excluding hydrogens is 399 g/mol. The molecule has 0 radical (unpaired) electrons. The lowest BCUT2D eigenvalue weighted by atomic mass is 10.2. The number of esters is 1. The third-order valence-corrected chi connectivity index (χ3v) is 3.84. The van der Waals surface area contributed by atoms with Crippen molar-refractivity contribution in [3.63, 3.8) is 0 Å². The molecule has 1 amide bonds. The minimum Gasteiger partial charge on any atom is -0.495 e. The summed E-state index contributed by atoms with van der Waals surface area (Å²) in [5.41, 5.74) is -0.0743. The number of hydrogen-bond donors (Lipinski definition) is 1. The zero-order chi connectivity index (χ0) is 20.1. The van der Waals surface area contributed by atoms with Gasteiger partial charge in [-0.15, -0.1) is 0 Å². The number of rotatable bonds is 6. The minimum absolute atomic E-state index is 0.0744. The van der Waals surface area contributed by atoms with Gasteiger partial charge in [0.15, 0.2) is 6.10 Å². The maximum atomic E-state index is 12.3. The number of nitrogens with one attached hydrogen (secondary N) is 1. The fourth-order valence-electron chi connectivity index (χ4n) is 2.10. The molecule has 10 heteroatoms. The molecule has 8 nitrogen and oxygen atoms in total. The summed E-state index contributed by atoms with van der Waals surface area (Å²) < 4.78 is 10.2. The number of carbonyl (C=O) groups is 2. The highest BCUT2D eigenvalue weighted by molar-refractivity contribution is 6.35. The summed E-state index contributed by atoms with van der Waals surface area (Å²) in [6.07, 6.45) is -1.20. The molecule has 0 spiro atoms. The van der Waals surface area contributed by atoms with Crippen molar-refractivity contribution in [2.75, 3.05) is 12.4 Å². The lowest BCUT2D eigenvalue weighted by Gasteiger charge is -2.15. The largest absolute Gasteiger partial charge is 0.495 e. The molecule has 27 heavy (non-hydrogen) atoms. The molecule has 0 unspecified atom stereocenters. The molecule has 0 fully saturated rings. The van der Waals surface area contributed by atoms with Crippen molar-refractivity contribution in [2.45, 2.75) is 13.0 Å². The van der Waals surface area contributed by atoms with Crippen LogP contribution >= 0.6 is 23.2 Å². The first kappa shape index (κ1) is 20.5. The van der Waals surface area contributed by atoms with Gasteiger partial charge in [-0.1, -0.05) is 23.2 Å². The second-order valence-electron chi connectivity index (χ2n) is 5.34. The highest BCUT2D eigenvalue weighted by atomic mass is 35.5. The Morgan fingerprint density at radius 3 is 2.33 bits per heavy atom. The van der Waals surface area contributed by atoms with Crippen LogP contribution in [0.4, 0.5) is 11.4 Å². The average Bonchev–Trinajstić information content (AvgIpc) is 2.60. The first-order valence-corrected chi connectivity index (χ1v) is 8.27. The van der Waals surface area contributed by atoms with Gasteiger partial charge < -0.3 is 14.8 Å². The molecule has 0 saturated heterocycles. The van der Waals surface area contributed by atoms with Crippen molar-refractivity contribution >= 4 is 46.5 Å². The Balaban J connectivity index is 2.12. The van der Waals surface area contributed by atoms with Crippen molar-refractivity contribution in [3.8, 4) is 5.75 Å². The van der Waals surface area contributed by atoms with Gasteiger partial charge in [0.1, 0.15) is 5.75 Å². The van der Waals surface area contributed by atoms with Gasteiger partial charge >= 0.3 is 5.97 Å². The van der Waals surface area contributed by atoms with Gasteiger partial charge in [-0.25, -0.2) is 4.79 Å². The minimum atomic E-state index is -1.20. The summed E-state index contributed by atoms with van der Waals surface area (Å²) in [7, 11) is 1.35. The van der Waals surface area contributed by atoms with E-state index in [2.05, 4.69) is 5.32 Å². The van der Waals surface area contributed by atoms with Gasteiger partial charge in [-0.3, -0.25) is 14.9 Å². The number of amides is 1. The molecule has 0 aliphatic rings. The molecule has 142 valence electrons. The standard InChI is InChI=1S/C17H14Cl2N2O6/c1-9(27-17(23)10-5-11(18)7-12(19)6-10)16(22)20-14-8-13(21(24)25)3-4-15(14)26-2/h3-9H,1-2H3,(H,20,22)/t9-/m1/s1. The molecule has 0 aliphatic carbocycles. The molecule has 0 saturated carbocycles. The van der Waals surface area contributed by atoms with Crippen molar-refractivity contribution in [3.05, 3.63) is 62.1 Å². The van der Waals surface area contributed by atoms with Crippen molar-refractivity contribution in [2.24, 2.45) is 0 Å². The van der Waals surface area contributed by atoms with E-state index in [1.165, 1.54) is 44.4 Å². The lowest BCUT2D eigenvalue weighted by molar-refractivity contribution is -0.384. The maximum absolute atomic E-state index is 12.3. The van der Waals surface area contributed by atoms with Crippen LogP contribution in [0.2, 0.25) is 10.0 Å². The zero-order valence-corrected chi connectivity index (χ0v) is 15.7. The smallest absolute Gasteiger partial charge is 0.339 e. The lowest BCUT2D eigenvalue weighted by Crippen LogP contribution is -2.30. The van der Waals surface area contributed by atoms with Crippen LogP contribution in [0.5, 0.6) is 5.75 Å². The van der Waals surface area contributed by atoms with Gasteiger partial charge in [0, 0.05) is 22.2 Å². The van der Waals surface area contributed by atoms with Gasteiger partial charge in [0.05, 0.1) is 23.3 Å². The molecular formula is C17H14Cl2N2O6. The summed E-state index contributed by atoms with van der Waals surface area (Å²) >= 11 is 11.7. The van der Waals surface area contributed by atoms with Crippen LogP contribution < -0.4 is 10.1 Å². The van der Waals surface area contributed by atoms with E-state index in [9.17, 15) is 19.7 Å². The predicted molar refractivity (Wildman–Crippen MR) is 99.6 cm³/mol. The van der Waals surface area contributed by atoms with Crippen molar-refractivity contribution < 1.29 is 24.0 Å². The van der Waals surface area contributed by atoms with Crippen LogP contribution in [0.25, 0.3) is 0 Å². The van der Waals surface area contributed by atoms with E-state index >= 15 is 0 Å². The fourth-order valence-corrected chi connectivity index (χ4v) is 2.62. The van der Waals surface area contributed by atoms with Crippen LogP contribution in [0.3, 0.4) is 0 Å². The second-order valence-corrected chi connectivity index (χ2v) is 6.21. The quantitative estimate of drug-likeness (QED) is 0.434. The number of carbonyl (C=O) groups excluding carboxylic acids is 2. The summed E-state index contributed by atoms with van der Waals surface area (Å²) in [6, 6.07) is 7.87.